The fourth-order valence-electron chi connectivity index (χ4n) is 11.2. The number of rotatable bonds is 101. The molecule has 0 saturated heterocycles. The molecule has 0 fully saturated rings. The van der Waals surface area contributed by atoms with Crippen LogP contribution in [0.1, 0.15) is 140 Å². The lowest BCUT2D eigenvalue weighted by Gasteiger charge is -2.30. The molecule has 2 aromatic carbocycles. The zero-order valence-electron chi connectivity index (χ0n) is 74.1. The number of amides is 1. The molecule has 0 bridgehead atoms. The Bertz CT molecular complexity index is 2540. The number of carbonyl (C=O) groups is 4. The van der Waals surface area contributed by atoms with E-state index in [1.54, 1.807) is 0 Å². The number of carbonyl (C=O) groups excluding carboxylic acids is 3. The van der Waals surface area contributed by atoms with Gasteiger partial charge in [-0.2, -0.15) is 0 Å². The second-order valence-electron chi connectivity index (χ2n) is 27.9. The van der Waals surface area contributed by atoms with E-state index in [9.17, 15) is 19.2 Å². The van der Waals surface area contributed by atoms with Crippen LogP contribution in [0.15, 0.2) is 72.8 Å². The maximum Gasteiger partial charge on any atom is 0.322 e. The van der Waals surface area contributed by atoms with Crippen molar-refractivity contribution in [2.75, 3.05) is 324 Å². The van der Waals surface area contributed by atoms with Crippen LogP contribution in [0.5, 0.6) is 0 Å². The monoisotopic (exact) mass is 1750 g/mol. The number of hydrogen-bond donors (Lipinski definition) is 2. The zero-order valence-corrected chi connectivity index (χ0v) is 74.1. The van der Waals surface area contributed by atoms with Crippen LogP contribution in [-0.4, -0.2) is 353 Å². The number of unbranched alkanes of at least 4 members (excludes halogenated alkanes) is 13. The van der Waals surface area contributed by atoms with Crippen LogP contribution in [0.4, 0.5) is 0 Å². The predicted molar refractivity (Wildman–Crippen MR) is 458 cm³/mol. The SMILES string of the molecule is CCCCCCCCCCC[C@](CC=CCCCCCCCC(=O)OCc1ccccc1)(C(=O)NCCOCCOCCOCCOCCOCCOCCOCCOCCOCCOCCOCCOCCOCCOCCOCCOCCOCCOCCOCCOCCOCCOCCOCCOCCC(=O)O)C(=O)OCc1ccccc1. The first-order chi connectivity index (χ1) is 60.4. The molecule has 2 aromatic rings. The van der Waals surface area contributed by atoms with Gasteiger partial charge in [-0.15, -0.1) is 0 Å². The number of esters is 2. The molecule has 2 rings (SSSR count). The summed E-state index contributed by atoms with van der Waals surface area (Å²) in [7, 11) is 0. The predicted octanol–water partition coefficient (Wildman–Crippen LogP) is 10.0. The molecule has 0 heterocycles. The number of carboxylic acid groups (broad SMARTS) is 1. The van der Waals surface area contributed by atoms with Crippen molar-refractivity contribution in [3.05, 3.63) is 83.9 Å². The number of carboxylic acids is 1. The molecule has 32 nitrogen and oxygen atoms in total. The Kier molecular flexibility index (Phi) is 86.9. The van der Waals surface area contributed by atoms with Crippen molar-refractivity contribution in [2.45, 2.75) is 142 Å². The van der Waals surface area contributed by atoms with Gasteiger partial charge in [-0.1, -0.05) is 157 Å². The van der Waals surface area contributed by atoms with E-state index in [0.717, 1.165) is 75.3 Å². The van der Waals surface area contributed by atoms with Gasteiger partial charge in [-0.25, -0.2) is 0 Å². The molecule has 32 heteroatoms. The molecule has 1 atom stereocenters. The minimum Gasteiger partial charge on any atom is -0.481 e. The smallest absolute Gasteiger partial charge is 0.322 e. The minimum atomic E-state index is -1.38. The second kappa shape index (κ2) is 93.7. The first-order valence-corrected chi connectivity index (χ1v) is 44.8. The van der Waals surface area contributed by atoms with Crippen LogP contribution in [-0.2, 0) is 156 Å². The summed E-state index contributed by atoms with van der Waals surface area (Å²) >= 11 is 0. The molecule has 0 aliphatic carbocycles. The van der Waals surface area contributed by atoms with E-state index >= 15 is 0 Å². The summed E-state index contributed by atoms with van der Waals surface area (Å²) in [5.41, 5.74) is 0.461. The first kappa shape index (κ1) is 113. The van der Waals surface area contributed by atoms with E-state index in [-0.39, 0.29) is 51.1 Å². The lowest BCUT2D eigenvalue weighted by atomic mass is 9.78. The van der Waals surface area contributed by atoms with E-state index in [0.29, 0.717) is 323 Å². The molecule has 0 aliphatic heterocycles. The van der Waals surface area contributed by atoms with Gasteiger partial charge in [0.25, 0.3) is 0 Å². The number of benzene rings is 2. The quantitative estimate of drug-likeness (QED) is 0.0269. The van der Waals surface area contributed by atoms with E-state index in [4.69, 9.17) is 128 Å². The lowest BCUT2D eigenvalue weighted by molar-refractivity contribution is -0.163. The number of aliphatic carboxylic acids is 1. The minimum absolute atomic E-state index is 0.0135. The average Bonchev–Trinajstić information content (AvgIpc) is 0.806. The zero-order chi connectivity index (χ0) is 87.0. The molecule has 1 amide bonds. The van der Waals surface area contributed by atoms with Gasteiger partial charge in [-0.05, 0) is 43.2 Å². The van der Waals surface area contributed by atoms with Crippen molar-refractivity contribution in [2.24, 2.45) is 5.41 Å². The third-order valence-electron chi connectivity index (χ3n) is 17.9. The first-order valence-electron chi connectivity index (χ1n) is 44.8. The summed E-state index contributed by atoms with van der Waals surface area (Å²) in [4.78, 5) is 51.3. The summed E-state index contributed by atoms with van der Waals surface area (Å²) in [6.45, 7) is 24.1. The van der Waals surface area contributed by atoms with Gasteiger partial charge < -0.3 is 134 Å². The topological polar surface area (TPSA) is 341 Å². The Labute approximate surface area is 728 Å². The highest BCUT2D eigenvalue weighted by atomic mass is 16.6. The van der Waals surface area contributed by atoms with Gasteiger partial charge in [0.05, 0.1) is 324 Å². The maximum atomic E-state index is 14.3. The molecular weight excluding hydrogens is 1590 g/mol. The maximum absolute atomic E-state index is 14.3. The molecule has 708 valence electrons. The summed E-state index contributed by atoms with van der Waals surface area (Å²) in [6.07, 6.45) is 20.8. The van der Waals surface area contributed by atoms with Gasteiger partial charge in [0.1, 0.15) is 18.6 Å². The summed E-state index contributed by atoms with van der Waals surface area (Å²) in [5.74, 6) is -1.90. The third-order valence-corrected chi connectivity index (χ3v) is 17.9. The molecule has 2 N–H and O–H groups in total. The van der Waals surface area contributed by atoms with Crippen molar-refractivity contribution in [3.63, 3.8) is 0 Å². The van der Waals surface area contributed by atoms with Crippen molar-refractivity contribution in [1.82, 2.24) is 5.32 Å². The highest BCUT2D eigenvalue weighted by molar-refractivity contribution is 6.03. The number of allylic oxidation sites excluding steroid dienone is 2. The van der Waals surface area contributed by atoms with Crippen molar-refractivity contribution in [1.29, 1.82) is 0 Å². The summed E-state index contributed by atoms with van der Waals surface area (Å²) < 4.78 is 144. The Morgan fingerprint density at radius 3 is 0.836 bits per heavy atom. The van der Waals surface area contributed by atoms with Gasteiger partial charge in [-0.3, -0.25) is 19.2 Å². The second-order valence-corrected chi connectivity index (χ2v) is 27.9. The van der Waals surface area contributed by atoms with Gasteiger partial charge in [0.2, 0.25) is 5.91 Å². The molecule has 0 unspecified atom stereocenters. The van der Waals surface area contributed by atoms with Crippen LogP contribution in [0.2, 0.25) is 0 Å². The molecule has 0 saturated carbocycles. The normalized spacial score (nSPS) is 12.1. The van der Waals surface area contributed by atoms with Crippen molar-refractivity contribution >= 4 is 23.8 Å². The van der Waals surface area contributed by atoms with Gasteiger partial charge in [0, 0.05) is 13.0 Å². The van der Waals surface area contributed by atoms with Crippen LogP contribution in [0, 0.1) is 5.41 Å². The molecule has 0 aliphatic rings. The summed E-state index contributed by atoms with van der Waals surface area (Å²) in [5, 5.41) is 11.6. The van der Waals surface area contributed by atoms with Crippen molar-refractivity contribution in [3.8, 4) is 0 Å². The number of nitrogens with one attached hydrogen (secondary N) is 1. The Hall–Kier alpha value is -4.90. The van der Waals surface area contributed by atoms with Gasteiger partial charge >= 0.3 is 17.9 Å². The standard InChI is InChI=1S/C90H157NO31/c1-2-3-4-5-6-8-11-14-23-31-90(89(96)122-83-85-27-20-17-21-28-85,32-24-15-12-9-7-10-13-22-29-87(94)121-82-84-25-18-16-19-26-84)88(95)91-33-35-98-37-39-100-41-43-102-45-47-104-49-51-106-53-55-108-57-59-110-61-63-112-65-67-114-69-71-116-73-75-118-77-79-120-81-80-119-78-76-117-74-72-115-70-68-113-66-64-111-62-60-109-58-56-107-54-52-105-50-48-103-46-44-101-42-40-99-38-36-97-34-30-86(92)93/h15-21,24-28H,2-14,22-23,29-83H2,1H3,(H,91,95)(H,92,93)/t90-/m0/s1. The molecule has 0 radical (unpaired) electrons. The van der Waals surface area contributed by atoms with Crippen LogP contribution in [0.25, 0.3) is 0 Å². The van der Waals surface area contributed by atoms with Crippen LogP contribution >= 0.6 is 0 Å². The fraction of sp³-hybridized carbons (Fsp3) is 0.800. The Balaban J connectivity index is 1.29. The van der Waals surface area contributed by atoms with Crippen LogP contribution < -0.4 is 5.32 Å². The molecule has 122 heavy (non-hydrogen) atoms. The number of hydrogen-bond acceptors (Lipinski definition) is 30. The molecular formula is C90H157NO31. The van der Waals surface area contributed by atoms with Crippen molar-refractivity contribution < 1.29 is 147 Å². The number of ether oxygens (including phenoxy) is 26. The summed E-state index contributed by atoms with van der Waals surface area (Å²) in [6, 6.07) is 19.3. The van der Waals surface area contributed by atoms with Gasteiger partial charge in [0.15, 0.2) is 0 Å². The fourth-order valence-corrected chi connectivity index (χ4v) is 11.2. The highest BCUT2D eigenvalue weighted by Gasteiger charge is 2.46. The van der Waals surface area contributed by atoms with E-state index < -0.39 is 17.4 Å². The van der Waals surface area contributed by atoms with Crippen LogP contribution in [0.3, 0.4) is 0 Å². The largest absolute Gasteiger partial charge is 0.481 e. The Morgan fingerprint density at radius 1 is 0.287 bits per heavy atom. The average molecular weight is 1750 g/mol. The van der Waals surface area contributed by atoms with E-state index in [1.165, 1.54) is 32.1 Å². The lowest BCUT2D eigenvalue weighted by Crippen LogP contribution is -2.48. The van der Waals surface area contributed by atoms with E-state index in [2.05, 4.69) is 18.3 Å². The third kappa shape index (κ3) is 79.7. The Morgan fingerprint density at radius 2 is 0.541 bits per heavy atom. The molecule has 0 spiro atoms. The molecule has 0 aromatic heterocycles. The highest BCUT2D eigenvalue weighted by Crippen LogP contribution is 2.34. The van der Waals surface area contributed by atoms with E-state index in [1.807, 2.05) is 66.7 Å².